The summed E-state index contributed by atoms with van der Waals surface area (Å²) in [5.74, 6) is 1.25. The number of ketones is 1. The molecule has 0 aromatic heterocycles. The lowest BCUT2D eigenvalue weighted by molar-refractivity contribution is -0.122. The van der Waals surface area contributed by atoms with E-state index >= 15 is 0 Å². The number of halogens is 1. The van der Waals surface area contributed by atoms with Crippen LogP contribution in [0.3, 0.4) is 0 Å². The highest BCUT2D eigenvalue weighted by Crippen LogP contribution is 2.25. The molecule has 2 heteroatoms. The third-order valence-electron chi connectivity index (χ3n) is 3.09. The van der Waals surface area contributed by atoms with E-state index in [0.717, 1.165) is 19.3 Å². The first-order valence-electron chi connectivity index (χ1n) is 5.46. The Morgan fingerprint density at radius 1 is 1.27 bits per heavy atom. The average molecular weight is 223 g/mol. The first kappa shape index (κ1) is 10.7. The molecule has 0 fully saturated rings. The van der Waals surface area contributed by atoms with Crippen LogP contribution in [0.2, 0.25) is 0 Å². The van der Waals surface area contributed by atoms with Gasteiger partial charge in [-0.05, 0) is 30.4 Å². The van der Waals surface area contributed by atoms with E-state index in [0.29, 0.717) is 18.1 Å². The third kappa shape index (κ3) is 2.40. The Bertz CT molecular complexity index is 359. The zero-order valence-corrected chi connectivity index (χ0v) is 9.46. The zero-order chi connectivity index (χ0) is 10.7. The zero-order valence-electron chi connectivity index (χ0n) is 8.71. The summed E-state index contributed by atoms with van der Waals surface area (Å²) >= 11 is 5.66. The van der Waals surface area contributed by atoms with Gasteiger partial charge < -0.3 is 0 Å². The maximum absolute atomic E-state index is 11.8. The molecule has 0 N–H and O–H groups in total. The molecule has 15 heavy (non-hydrogen) atoms. The second kappa shape index (κ2) is 4.80. The number of carbonyl (C=O) groups is 1. The molecule has 0 heterocycles. The van der Waals surface area contributed by atoms with E-state index in [1.54, 1.807) is 0 Å². The lowest BCUT2D eigenvalue weighted by atomic mass is 9.81. The fourth-order valence-corrected chi connectivity index (χ4v) is 2.38. The Hall–Kier alpha value is -0.820. The quantitative estimate of drug-likeness (QED) is 0.719. The number of carbonyl (C=O) groups excluding carboxylic acids is 1. The van der Waals surface area contributed by atoms with Crippen molar-refractivity contribution in [3.8, 4) is 0 Å². The van der Waals surface area contributed by atoms with E-state index in [4.69, 9.17) is 11.6 Å². The molecule has 1 unspecified atom stereocenters. The molecular formula is C13H15ClO. The predicted octanol–water partition coefficient (Wildman–Crippen LogP) is 2.99. The Morgan fingerprint density at radius 2 is 2.00 bits per heavy atom. The number of rotatable bonds is 3. The van der Waals surface area contributed by atoms with Crippen LogP contribution in [0.15, 0.2) is 24.3 Å². The van der Waals surface area contributed by atoms with Crippen molar-refractivity contribution in [3.05, 3.63) is 35.4 Å². The van der Waals surface area contributed by atoms with Gasteiger partial charge in [0.05, 0.1) is 0 Å². The average Bonchev–Trinajstić information content (AvgIpc) is 2.26. The summed E-state index contributed by atoms with van der Waals surface area (Å²) < 4.78 is 0. The highest BCUT2D eigenvalue weighted by molar-refractivity contribution is 6.17. The van der Waals surface area contributed by atoms with E-state index < -0.39 is 0 Å². The van der Waals surface area contributed by atoms with E-state index in [-0.39, 0.29) is 5.92 Å². The molecule has 1 aromatic carbocycles. The summed E-state index contributed by atoms with van der Waals surface area (Å²) in [6.07, 6.45) is 3.41. The molecule has 1 atom stereocenters. The highest BCUT2D eigenvalue weighted by Gasteiger charge is 2.25. The number of alkyl halides is 1. The van der Waals surface area contributed by atoms with Crippen LogP contribution < -0.4 is 0 Å². The van der Waals surface area contributed by atoms with Gasteiger partial charge in [0, 0.05) is 18.2 Å². The first-order chi connectivity index (χ1) is 7.31. The van der Waals surface area contributed by atoms with Gasteiger partial charge in [-0.3, -0.25) is 4.79 Å². The van der Waals surface area contributed by atoms with Gasteiger partial charge in [0.25, 0.3) is 0 Å². The van der Waals surface area contributed by atoms with Crippen LogP contribution >= 0.6 is 11.6 Å². The van der Waals surface area contributed by atoms with Crippen LogP contribution in [0, 0.1) is 5.92 Å². The van der Waals surface area contributed by atoms with Crippen molar-refractivity contribution in [2.24, 2.45) is 5.92 Å². The SMILES string of the molecule is O=C1Cc2ccccc2CC1CCCCl. The number of hydrogen-bond acceptors (Lipinski definition) is 1. The predicted molar refractivity (Wildman–Crippen MR) is 62.3 cm³/mol. The maximum Gasteiger partial charge on any atom is 0.140 e. The smallest absolute Gasteiger partial charge is 0.140 e. The van der Waals surface area contributed by atoms with Crippen molar-refractivity contribution in [2.75, 3.05) is 5.88 Å². The summed E-state index contributed by atoms with van der Waals surface area (Å²) in [4.78, 5) is 11.8. The first-order valence-corrected chi connectivity index (χ1v) is 6.00. The maximum atomic E-state index is 11.8. The van der Waals surface area contributed by atoms with Crippen LogP contribution in [0.1, 0.15) is 24.0 Å². The molecule has 0 radical (unpaired) electrons. The van der Waals surface area contributed by atoms with Crippen molar-refractivity contribution in [1.82, 2.24) is 0 Å². The molecular weight excluding hydrogens is 208 g/mol. The number of Topliss-reactive ketones (excluding diaryl/α,β-unsaturated/α-hetero) is 1. The molecule has 1 aromatic rings. The lowest BCUT2D eigenvalue weighted by Gasteiger charge is -2.23. The topological polar surface area (TPSA) is 17.1 Å². The minimum Gasteiger partial charge on any atom is -0.299 e. The number of fused-ring (bicyclic) bond motifs is 1. The summed E-state index contributed by atoms with van der Waals surface area (Å²) in [5, 5.41) is 0. The van der Waals surface area contributed by atoms with Crippen molar-refractivity contribution in [3.63, 3.8) is 0 Å². The molecule has 0 saturated heterocycles. The van der Waals surface area contributed by atoms with E-state index in [1.165, 1.54) is 11.1 Å². The van der Waals surface area contributed by atoms with Crippen molar-refractivity contribution < 1.29 is 4.79 Å². The fraction of sp³-hybridized carbons (Fsp3) is 0.462. The van der Waals surface area contributed by atoms with Crippen LogP contribution in [-0.2, 0) is 17.6 Å². The van der Waals surface area contributed by atoms with Crippen LogP contribution in [0.4, 0.5) is 0 Å². The monoisotopic (exact) mass is 222 g/mol. The molecule has 0 saturated carbocycles. The van der Waals surface area contributed by atoms with Crippen LogP contribution in [0.5, 0.6) is 0 Å². The second-order valence-corrected chi connectivity index (χ2v) is 4.52. The summed E-state index contributed by atoms with van der Waals surface area (Å²) in [5.41, 5.74) is 2.56. The Morgan fingerprint density at radius 3 is 2.73 bits per heavy atom. The van der Waals surface area contributed by atoms with Gasteiger partial charge in [0.1, 0.15) is 5.78 Å². The molecule has 0 aliphatic heterocycles. The minimum absolute atomic E-state index is 0.207. The summed E-state index contributed by atoms with van der Waals surface area (Å²) in [7, 11) is 0. The van der Waals surface area contributed by atoms with Crippen molar-refractivity contribution >= 4 is 17.4 Å². The Labute approximate surface area is 95.4 Å². The third-order valence-corrected chi connectivity index (χ3v) is 3.36. The van der Waals surface area contributed by atoms with Gasteiger partial charge in [-0.1, -0.05) is 24.3 Å². The van der Waals surface area contributed by atoms with Crippen LogP contribution in [0.25, 0.3) is 0 Å². The summed E-state index contributed by atoms with van der Waals surface area (Å²) in [6, 6.07) is 8.25. The van der Waals surface area contributed by atoms with E-state index in [1.807, 2.05) is 12.1 Å². The van der Waals surface area contributed by atoms with E-state index in [9.17, 15) is 4.79 Å². The van der Waals surface area contributed by atoms with Gasteiger partial charge in [-0.15, -0.1) is 11.6 Å². The molecule has 1 aliphatic carbocycles. The molecule has 1 aliphatic rings. The standard InChI is InChI=1S/C13H15ClO/c14-7-3-6-12-8-10-4-1-2-5-11(10)9-13(12)15/h1-2,4-5,12H,3,6-9H2. The normalized spacial score (nSPS) is 20.1. The fourth-order valence-electron chi connectivity index (χ4n) is 2.23. The number of hydrogen-bond donors (Lipinski definition) is 0. The Kier molecular flexibility index (Phi) is 3.42. The highest BCUT2D eigenvalue weighted by atomic mass is 35.5. The van der Waals surface area contributed by atoms with Gasteiger partial charge in [-0.2, -0.15) is 0 Å². The van der Waals surface area contributed by atoms with Gasteiger partial charge in [-0.25, -0.2) is 0 Å². The lowest BCUT2D eigenvalue weighted by Crippen LogP contribution is -2.25. The molecule has 80 valence electrons. The molecule has 2 rings (SSSR count). The van der Waals surface area contributed by atoms with Crippen molar-refractivity contribution in [2.45, 2.75) is 25.7 Å². The number of benzene rings is 1. The second-order valence-electron chi connectivity index (χ2n) is 4.14. The minimum atomic E-state index is 0.207. The molecule has 0 bridgehead atoms. The molecule has 0 amide bonds. The molecule has 1 nitrogen and oxygen atoms in total. The van der Waals surface area contributed by atoms with E-state index in [2.05, 4.69) is 12.1 Å². The van der Waals surface area contributed by atoms with Gasteiger partial charge in [0.15, 0.2) is 0 Å². The van der Waals surface area contributed by atoms with Crippen LogP contribution in [-0.4, -0.2) is 11.7 Å². The Balaban J connectivity index is 2.11. The summed E-state index contributed by atoms with van der Waals surface area (Å²) in [6.45, 7) is 0. The van der Waals surface area contributed by atoms with Gasteiger partial charge >= 0.3 is 0 Å². The largest absolute Gasteiger partial charge is 0.299 e. The van der Waals surface area contributed by atoms with Gasteiger partial charge in [0.2, 0.25) is 0 Å². The molecule has 0 spiro atoms. The van der Waals surface area contributed by atoms with Crippen molar-refractivity contribution in [1.29, 1.82) is 0 Å².